The van der Waals surface area contributed by atoms with Crippen LogP contribution in [0, 0.1) is 5.92 Å². The number of rotatable bonds is 3. The molecule has 0 aromatic carbocycles. The average Bonchev–Trinajstić information content (AvgIpc) is 3.20. The molecule has 0 amide bonds. The van der Waals surface area contributed by atoms with Crippen LogP contribution in [0.5, 0.6) is 0 Å². The first-order valence-electron chi connectivity index (χ1n) is 7.80. The van der Waals surface area contributed by atoms with Crippen LogP contribution in [0.1, 0.15) is 51.9 Å². The molecule has 3 rings (SSSR count). The zero-order valence-corrected chi connectivity index (χ0v) is 11.9. The second kappa shape index (κ2) is 4.64. The van der Waals surface area contributed by atoms with Gasteiger partial charge in [0, 0.05) is 30.7 Å². The van der Waals surface area contributed by atoms with Crippen molar-refractivity contribution in [1.82, 2.24) is 10.2 Å². The van der Waals surface area contributed by atoms with Gasteiger partial charge < -0.3 is 5.32 Å². The number of piperazine rings is 1. The Bertz CT molecular complexity index is 315. The van der Waals surface area contributed by atoms with Gasteiger partial charge in [0.25, 0.3) is 0 Å². The Kier molecular flexibility index (Phi) is 3.27. The number of nitrogens with one attached hydrogen (secondary N) is 1. The minimum atomic E-state index is 0.386. The lowest BCUT2D eigenvalue weighted by Gasteiger charge is -2.55. The summed E-state index contributed by atoms with van der Waals surface area (Å²) in [7, 11) is 0. The fourth-order valence-electron chi connectivity index (χ4n) is 4.18. The maximum Gasteiger partial charge on any atom is 0.0338 e. The molecule has 1 unspecified atom stereocenters. The summed E-state index contributed by atoms with van der Waals surface area (Å²) < 4.78 is 0. The molecule has 0 aromatic heterocycles. The summed E-state index contributed by atoms with van der Waals surface area (Å²) in [5.74, 6) is 0.922. The van der Waals surface area contributed by atoms with Crippen molar-refractivity contribution in [1.29, 1.82) is 0 Å². The fourth-order valence-corrected chi connectivity index (χ4v) is 4.18. The van der Waals surface area contributed by atoms with E-state index in [1.807, 2.05) is 0 Å². The van der Waals surface area contributed by atoms with Gasteiger partial charge in [0.1, 0.15) is 0 Å². The number of hydrogen-bond acceptors (Lipinski definition) is 2. The minimum Gasteiger partial charge on any atom is -0.308 e. The van der Waals surface area contributed by atoms with Gasteiger partial charge in [-0.15, -0.1) is 6.58 Å². The van der Waals surface area contributed by atoms with Gasteiger partial charge in [0.05, 0.1) is 0 Å². The third-order valence-corrected chi connectivity index (χ3v) is 5.65. The molecule has 2 nitrogen and oxygen atoms in total. The molecule has 1 aliphatic heterocycles. The van der Waals surface area contributed by atoms with E-state index >= 15 is 0 Å². The van der Waals surface area contributed by atoms with E-state index in [4.69, 9.17) is 0 Å². The molecule has 102 valence electrons. The first kappa shape index (κ1) is 12.7. The van der Waals surface area contributed by atoms with Gasteiger partial charge in [-0.05, 0) is 38.5 Å². The fraction of sp³-hybridized carbons (Fsp3) is 0.875. The number of nitrogens with zero attached hydrogens (tertiary/aromatic N) is 1. The summed E-state index contributed by atoms with van der Waals surface area (Å²) in [6.07, 6.45) is 12.0. The summed E-state index contributed by atoms with van der Waals surface area (Å²) >= 11 is 0. The second-order valence-electron chi connectivity index (χ2n) is 7.00. The van der Waals surface area contributed by atoms with Gasteiger partial charge in [0.2, 0.25) is 0 Å². The van der Waals surface area contributed by atoms with Crippen molar-refractivity contribution in [2.75, 3.05) is 19.6 Å². The van der Waals surface area contributed by atoms with Gasteiger partial charge in [-0.3, -0.25) is 4.90 Å². The molecule has 3 aliphatic rings. The predicted octanol–water partition coefficient (Wildman–Crippen LogP) is 2.95. The van der Waals surface area contributed by atoms with Crippen LogP contribution in [0.3, 0.4) is 0 Å². The van der Waals surface area contributed by atoms with Gasteiger partial charge in [-0.2, -0.15) is 0 Å². The minimum absolute atomic E-state index is 0.386. The predicted molar refractivity (Wildman–Crippen MR) is 76.7 cm³/mol. The molecule has 0 bridgehead atoms. The summed E-state index contributed by atoms with van der Waals surface area (Å²) in [6, 6.07) is 0. The van der Waals surface area contributed by atoms with Crippen LogP contribution in [0.2, 0.25) is 0 Å². The number of hydrogen-bond donors (Lipinski definition) is 1. The highest BCUT2D eigenvalue weighted by molar-refractivity contribution is 5.10. The van der Waals surface area contributed by atoms with Gasteiger partial charge in [0.15, 0.2) is 0 Å². The Morgan fingerprint density at radius 1 is 1.28 bits per heavy atom. The third kappa shape index (κ3) is 2.14. The monoisotopic (exact) mass is 248 g/mol. The standard InChI is InChI=1S/C16H28N2/c1-3-11-18-13-16(9-5-4-6-10-16)17-12-15(18,2)14-7-8-14/h3,14,17H,1,4-13H2,2H3. The van der Waals surface area contributed by atoms with Crippen molar-refractivity contribution in [3.05, 3.63) is 12.7 Å². The van der Waals surface area contributed by atoms with E-state index in [0.29, 0.717) is 11.1 Å². The van der Waals surface area contributed by atoms with Crippen molar-refractivity contribution >= 4 is 0 Å². The van der Waals surface area contributed by atoms with E-state index in [1.54, 1.807) is 0 Å². The Hall–Kier alpha value is -0.340. The van der Waals surface area contributed by atoms with Crippen molar-refractivity contribution in [3.8, 4) is 0 Å². The largest absolute Gasteiger partial charge is 0.308 e. The van der Waals surface area contributed by atoms with Gasteiger partial charge >= 0.3 is 0 Å². The van der Waals surface area contributed by atoms with Crippen LogP contribution < -0.4 is 5.32 Å². The van der Waals surface area contributed by atoms with E-state index in [-0.39, 0.29) is 0 Å². The lowest BCUT2D eigenvalue weighted by Crippen LogP contribution is -2.70. The Labute approximate surface area is 112 Å². The molecule has 3 fully saturated rings. The highest BCUT2D eigenvalue weighted by Crippen LogP contribution is 2.46. The average molecular weight is 248 g/mol. The first-order chi connectivity index (χ1) is 8.69. The smallest absolute Gasteiger partial charge is 0.0338 e. The third-order valence-electron chi connectivity index (χ3n) is 5.65. The summed E-state index contributed by atoms with van der Waals surface area (Å²) in [5.41, 5.74) is 0.812. The molecule has 2 saturated carbocycles. The van der Waals surface area contributed by atoms with Crippen LogP contribution >= 0.6 is 0 Å². The molecular formula is C16H28N2. The Morgan fingerprint density at radius 2 is 2.00 bits per heavy atom. The first-order valence-corrected chi connectivity index (χ1v) is 7.80. The van der Waals surface area contributed by atoms with Crippen molar-refractivity contribution in [3.63, 3.8) is 0 Å². The van der Waals surface area contributed by atoms with E-state index in [2.05, 4.69) is 29.8 Å². The molecule has 1 heterocycles. The van der Waals surface area contributed by atoms with E-state index in [9.17, 15) is 0 Å². The van der Waals surface area contributed by atoms with Crippen LogP contribution in [0.4, 0.5) is 0 Å². The molecule has 1 spiro atoms. The lowest BCUT2D eigenvalue weighted by atomic mass is 9.76. The SMILES string of the molecule is C=CCN1CC2(CCCCC2)NCC1(C)C1CC1. The molecular weight excluding hydrogens is 220 g/mol. The maximum absolute atomic E-state index is 3.97. The quantitative estimate of drug-likeness (QED) is 0.773. The zero-order chi connectivity index (χ0) is 12.6. The second-order valence-corrected chi connectivity index (χ2v) is 7.00. The molecule has 1 saturated heterocycles. The van der Waals surface area contributed by atoms with Crippen LogP contribution in [0.15, 0.2) is 12.7 Å². The van der Waals surface area contributed by atoms with Crippen molar-refractivity contribution in [2.45, 2.75) is 62.9 Å². The molecule has 0 radical (unpaired) electrons. The topological polar surface area (TPSA) is 15.3 Å². The summed E-state index contributed by atoms with van der Waals surface area (Å²) in [4.78, 5) is 2.74. The maximum atomic E-state index is 3.97. The van der Waals surface area contributed by atoms with Crippen LogP contribution in [-0.4, -0.2) is 35.6 Å². The Balaban J connectivity index is 1.76. The van der Waals surface area contributed by atoms with Crippen LogP contribution in [-0.2, 0) is 0 Å². The highest BCUT2D eigenvalue weighted by atomic mass is 15.3. The van der Waals surface area contributed by atoms with Crippen molar-refractivity contribution < 1.29 is 0 Å². The lowest BCUT2D eigenvalue weighted by molar-refractivity contribution is -0.00351. The van der Waals surface area contributed by atoms with Crippen LogP contribution in [0.25, 0.3) is 0 Å². The van der Waals surface area contributed by atoms with E-state index in [0.717, 1.165) is 12.5 Å². The van der Waals surface area contributed by atoms with Gasteiger partial charge in [-0.1, -0.05) is 25.3 Å². The molecule has 18 heavy (non-hydrogen) atoms. The molecule has 1 atom stereocenters. The molecule has 0 aromatic rings. The Morgan fingerprint density at radius 3 is 2.61 bits per heavy atom. The van der Waals surface area contributed by atoms with E-state index < -0.39 is 0 Å². The molecule has 1 N–H and O–H groups in total. The van der Waals surface area contributed by atoms with E-state index in [1.165, 1.54) is 58.0 Å². The molecule has 2 aliphatic carbocycles. The zero-order valence-electron chi connectivity index (χ0n) is 11.9. The van der Waals surface area contributed by atoms with Crippen molar-refractivity contribution in [2.24, 2.45) is 5.92 Å². The summed E-state index contributed by atoms with van der Waals surface area (Å²) in [6.45, 7) is 9.93. The summed E-state index contributed by atoms with van der Waals surface area (Å²) in [5, 5.41) is 3.96. The highest BCUT2D eigenvalue weighted by Gasteiger charge is 2.51. The normalized spacial score (nSPS) is 36.7. The molecule has 2 heteroatoms. The van der Waals surface area contributed by atoms with Gasteiger partial charge in [-0.25, -0.2) is 0 Å².